The lowest BCUT2D eigenvalue weighted by Crippen LogP contribution is -2.49. The molecule has 4 nitrogen and oxygen atoms in total. The first-order valence-corrected chi connectivity index (χ1v) is 7.45. The third kappa shape index (κ3) is 1.95. The number of carbonyl (C=O) groups excluding carboxylic acids is 1. The molecule has 2 saturated heterocycles. The maximum absolute atomic E-state index is 12.6. The van der Waals surface area contributed by atoms with E-state index in [-0.39, 0.29) is 5.54 Å². The second-order valence-electron chi connectivity index (χ2n) is 6.28. The molecule has 0 radical (unpaired) electrons. The van der Waals surface area contributed by atoms with Gasteiger partial charge in [0, 0.05) is 6.04 Å². The fraction of sp³-hybridized carbons (Fsp3) is 0.929. The average Bonchev–Trinajstić information content (AvgIpc) is 3.07. The standard InChI is InChI=1S/C14H25N3O/c1-3-4-12-15-14(7-8-14)13(18)17(12)11-5-9-16(2)10-6-11/h11-12,15H,3-10H2,1-2H3. The Balaban J connectivity index is 1.73. The van der Waals surface area contributed by atoms with Crippen molar-refractivity contribution in [1.82, 2.24) is 15.1 Å². The Morgan fingerprint density at radius 3 is 2.56 bits per heavy atom. The first-order chi connectivity index (χ1) is 8.66. The average molecular weight is 251 g/mol. The zero-order valence-electron chi connectivity index (χ0n) is 11.6. The number of hydrogen-bond acceptors (Lipinski definition) is 3. The molecule has 2 aliphatic heterocycles. The topological polar surface area (TPSA) is 35.6 Å². The van der Waals surface area contributed by atoms with Gasteiger partial charge in [-0.3, -0.25) is 10.1 Å². The summed E-state index contributed by atoms with van der Waals surface area (Å²) in [6.07, 6.45) is 6.92. The van der Waals surface area contributed by atoms with Crippen LogP contribution in [0.25, 0.3) is 0 Å². The molecule has 1 aliphatic carbocycles. The van der Waals surface area contributed by atoms with E-state index in [0.717, 1.165) is 51.6 Å². The van der Waals surface area contributed by atoms with E-state index < -0.39 is 0 Å². The van der Waals surface area contributed by atoms with Crippen LogP contribution in [0.5, 0.6) is 0 Å². The van der Waals surface area contributed by atoms with Crippen LogP contribution in [0, 0.1) is 0 Å². The van der Waals surface area contributed by atoms with Gasteiger partial charge in [-0.1, -0.05) is 13.3 Å². The molecule has 4 heteroatoms. The smallest absolute Gasteiger partial charge is 0.244 e. The molecule has 1 saturated carbocycles. The molecule has 0 aromatic rings. The Morgan fingerprint density at radius 2 is 2.00 bits per heavy atom. The monoisotopic (exact) mass is 251 g/mol. The Hall–Kier alpha value is -0.610. The number of carbonyl (C=O) groups is 1. The molecule has 3 aliphatic rings. The number of rotatable bonds is 3. The first-order valence-electron chi connectivity index (χ1n) is 7.45. The Kier molecular flexibility index (Phi) is 3.10. The van der Waals surface area contributed by atoms with Crippen molar-refractivity contribution in [3.63, 3.8) is 0 Å². The summed E-state index contributed by atoms with van der Waals surface area (Å²) in [5.74, 6) is 0.399. The lowest BCUT2D eigenvalue weighted by atomic mass is 10.0. The zero-order valence-corrected chi connectivity index (χ0v) is 11.6. The van der Waals surface area contributed by atoms with E-state index in [4.69, 9.17) is 0 Å². The summed E-state index contributed by atoms with van der Waals surface area (Å²) < 4.78 is 0. The molecule has 1 unspecified atom stereocenters. The van der Waals surface area contributed by atoms with Gasteiger partial charge in [-0.15, -0.1) is 0 Å². The van der Waals surface area contributed by atoms with Crippen LogP contribution in [-0.2, 0) is 4.79 Å². The molecule has 1 amide bonds. The number of likely N-dealkylation sites (tertiary alicyclic amines) is 1. The fourth-order valence-electron chi connectivity index (χ4n) is 3.50. The van der Waals surface area contributed by atoms with E-state index in [0.29, 0.717) is 18.1 Å². The van der Waals surface area contributed by atoms with Gasteiger partial charge in [0.2, 0.25) is 5.91 Å². The summed E-state index contributed by atoms with van der Waals surface area (Å²) in [7, 11) is 2.17. The van der Waals surface area contributed by atoms with Gasteiger partial charge in [-0.25, -0.2) is 0 Å². The normalized spacial score (nSPS) is 32.4. The molecule has 1 atom stereocenters. The highest BCUT2D eigenvalue weighted by molar-refractivity contribution is 5.92. The Morgan fingerprint density at radius 1 is 1.33 bits per heavy atom. The molecular weight excluding hydrogens is 226 g/mol. The van der Waals surface area contributed by atoms with Crippen molar-refractivity contribution in [2.45, 2.75) is 63.2 Å². The van der Waals surface area contributed by atoms with Crippen molar-refractivity contribution < 1.29 is 4.79 Å². The molecule has 102 valence electrons. The number of piperidine rings is 1. The van der Waals surface area contributed by atoms with Gasteiger partial charge >= 0.3 is 0 Å². The van der Waals surface area contributed by atoms with Crippen LogP contribution in [0.1, 0.15) is 45.4 Å². The highest BCUT2D eigenvalue weighted by atomic mass is 16.2. The number of nitrogens with zero attached hydrogens (tertiary/aromatic N) is 2. The van der Waals surface area contributed by atoms with Gasteiger partial charge < -0.3 is 9.80 Å². The van der Waals surface area contributed by atoms with Crippen LogP contribution in [0.3, 0.4) is 0 Å². The third-order valence-electron chi connectivity index (χ3n) is 4.82. The summed E-state index contributed by atoms with van der Waals surface area (Å²) in [4.78, 5) is 17.2. The van der Waals surface area contributed by atoms with E-state index in [1.807, 2.05) is 0 Å². The largest absolute Gasteiger partial charge is 0.322 e. The number of hydrogen-bond donors (Lipinski definition) is 1. The van der Waals surface area contributed by atoms with Crippen molar-refractivity contribution in [2.75, 3.05) is 20.1 Å². The van der Waals surface area contributed by atoms with Crippen molar-refractivity contribution in [3.8, 4) is 0 Å². The van der Waals surface area contributed by atoms with Crippen molar-refractivity contribution in [2.24, 2.45) is 0 Å². The molecule has 18 heavy (non-hydrogen) atoms. The highest BCUT2D eigenvalue weighted by Gasteiger charge is 2.59. The summed E-state index contributed by atoms with van der Waals surface area (Å²) in [6, 6.07) is 0.470. The molecular formula is C14H25N3O. The molecule has 1 spiro atoms. The summed E-state index contributed by atoms with van der Waals surface area (Å²) in [5, 5.41) is 3.61. The lowest BCUT2D eigenvalue weighted by molar-refractivity contribution is -0.134. The van der Waals surface area contributed by atoms with Gasteiger partial charge in [0.05, 0.1) is 11.7 Å². The minimum absolute atomic E-state index is 0.136. The molecule has 0 bridgehead atoms. The van der Waals surface area contributed by atoms with Crippen LogP contribution < -0.4 is 5.32 Å². The molecule has 3 fully saturated rings. The minimum atomic E-state index is -0.136. The van der Waals surface area contributed by atoms with Crippen molar-refractivity contribution in [3.05, 3.63) is 0 Å². The molecule has 0 aromatic carbocycles. The van der Waals surface area contributed by atoms with E-state index in [1.165, 1.54) is 0 Å². The number of nitrogens with one attached hydrogen (secondary N) is 1. The summed E-state index contributed by atoms with van der Waals surface area (Å²) in [5.41, 5.74) is -0.136. The van der Waals surface area contributed by atoms with E-state index in [9.17, 15) is 4.79 Å². The fourth-order valence-corrected chi connectivity index (χ4v) is 3.50. The molecule has 3 rings (SSSR count). The SMILES string of the molecule is CCCC1NC2(CC2)C(=O)N1C1CCN(C)CC1. The molecule has 1 N–H and O–H groups in total. The Labute approximate surface area is 110 Å². The van der Waals surface area contributed by atoms with Gasteiger partial charge in [-0.05, 0) is 52.2 Å². The van der Waals surface area contributed by atoms with Crippen LogP contribution in [0.15, 0.2) is 0 Å². The van der Waals surface area contributed by atoms with Gasteiger partial charge in [0.25, 0.3) is 0 Å². The van der Waals surface area contributed by atoms with E-state index in [2.05, 4.69) is 29.1 Å². The van der Waals surface area contributed by atoms with Gasteiger partial charge in [-0.2, -0.15) is 0 Å². The maximum Gasteiger partial charge on any atom is 0.244 e. The van der Waals surface area contributed by atoms with Crippen LogP contribution >= 0.6 is 0 Å². The second kappa shape index (κ2) is 4.49. The van der Waals surface area contributed by atoms with Crippen LogP contribution in [0.4, 0.5) is 0 Å². The van der Waals surface area contributed by atoms with Crippen molar-refractivity contribution >= 4 is 5.91 Å². The van der Waals surface area contributed by atoms with E-state index >= 15 is 0 Å². The second-order valence-corrected chi connectivity index (χ2v) is 6.28. The minimum Gasteiger partial charge on any atom is -0.322 e. The first kappa shape index (κ1) is 12.4. The predicted octanol–water partition coefficient (Wildman–Crippen LogP) is 1.17. The van der Waals surface area contributed by atoms with Crippen molar-refractivity contribution in [1.29, 1.82) is 0 Å². The quantitative estimate of drug-likeness (QED) is 0.818. The predicted molar refractivity (Wildman–Crippen MR) is 71.2 cm³/mol. The lowest BCUT2D eigenvalue weighted by Gasteiger charge is -2.38. The highest BCUT2D eigenvalue weighted by Crippen LogP contribution is 2.44. The van der Waals surface area contributed by atoms with E-state index in [1.54, 1.807) is 0 Å². The summed E-state index contributed by atoms with van der Waals surface area (Å²) >= 11 is 0. The Bertz CT molecular complexity index is 332. The third-order valence-corrected chi connectivity index (χ3v) is 4.82. The van der Waals surface area contributed by atoms with Gasteiger partial charge in [0.15, 0.2) is 0 Å². The maximum atomic E-state index is 12.6. The number of amides is 1. The molecule has 0 aromatic heterocycles. The van der Waals surface area contributed by atoms with Gasteiger partial charge in [0.1, 0.15) is 0 Å². The van der Waals surface area contributed by atoms with Crippen LogP contribution in [-0.4, -0.2) is 53.6 Å². The molecule has 2 heterocycles. The van der Waals surface area contributed by atoms with Crippen LogP contribution in [0.2, 0.25) is 0 Å². The zero-order chi connectivity index (χ0) is 12.8. The summed E-state index contributed by atoms with van der Waals surface area (Å²) in [6.45, 7) is 4.46.